The van der Waals surface area contributed by atoms with E-state index in [0.717, 1.165) is 39.7 Å². The molecule has 0 atom stereocenters. The summed E-state index contributed by atoms with van der Waals surface area (Å²) in [6, 6.07) is 71.5. The molecule has 1 aromatic heterocycles. The Labute approximate surface area is 358 Å². The molecule has 3 heteroatoms. The molecule has 0 radical (unpaired) electrons. The Kier molecular flexibility index (Phi) is 6.63. The molecule has 12 aromatic rings. The van der Waals surface area contributed by atoms with Gasteiger partial charge in [-0.05, 0) is 126 Å². The van der Waals surface area contributed by atoms with Crippen LogP contribution in [0.5, 0.6) is 11.5 Å². The molecule has 0 amide bonds. The molecule has 0 spiro atoms. The predicted molar refractivity (Wildman–Crippen MR) is 260 cm³/mol. The van der Waals surface area contributed by atoms with Crippen LogP contribution >= 0.6 is 0 Å². The van der Waals surface area contributed by atoms with Crippen LogP contribution in [0, 0.1) is 0 Å². The van der Waals surface area contributed by atoms with Crippen LogP contribution in [-0.4, -0.2) is 4.57 Å². The first-order valence-electron chi connectivity index (χ1n) is 21.6. The smallest absolute Gasteiger partial charge is 0.152 e. The maximum Gasteiger partial charge on any atom is 0.152 e. The van der Waals surface area contributed by atoms with Crippen molar-refractivity contribution in [1.29, 1.82) is 0 Å². The molecule has 0 unspecified atom stereocenters. The van der Waals surface area contributed by atoms with E-state index in [1.807, 2.05) is 6.07 Å². The second kappa shape index (κ2) is 12.1. The Balaban J connectivity index is 0.978. The SMILES string of the molecule is CC1(C)c2ccccc2-c2cc3ccc4cccc5c(-n6c7ccccc7c7cc(-c8ccc9c(c8)Oc8ccccc8N9c8cccc9ccccc89)ccc76)cc(c21)c3c45. The van der Waals surface area contributed by atoms with Crippen LogP contribution < -0.4 is 9.64 Å². The predicted octanol–water partition coefficient (Wildman–Crippen LogP) is 16.4. The highest BCUT2D eigenvalue weighted by Crippen LogP contribution is 2.55. The molecule has 2 aliphatic rings. The normalized spacial score (nSPS) is 13.9. The minimum absolute atomic E-state index is 0.145. The van der Waals surface area contributed by atoms with Gasteiger partial charge in [-0.15, -0.1) is 0 Å². The van der Waals surface area contributed by atoms with Crippen molar-refractivity contribution in [2.75, 3.05) is 4.90 Å². The lowest BCUT2D eigenvalue weighted by Crippen LogP contribution is -2.16. The average Bonchev–Trinajstić information content (AvgIpc) is 3.77. The minimum Gasteiger partial charge on any atom is -0.453 e. The molecule has 62 heavy (non-hydrogen) atoms. The van der Waals surface area contributed by atoms with Gasteiger partial charge in [-0.1, -0.05) is 147 Å². The molecule has 0 bridgehead atoms. The van der Waals surface area contributed by atoms with E-state index < -0.39 is 0 Å². The van der Waals surface area contributed by atoms with Gasteiger partial charge in [0.15, 0.2) is 11.5 Å². The first-order valence-corrected chi connectivity index (χ1v) is 21.6. The average molecular weight is 791 g/mol. The van der Waals surface area contributed by atoms with Crippen molar-refractivity contribution in [2.45, 2.75) is 19.3 Å². The Morgan fingerprint density at radius 1 is 0.387 bits per heavy atom. The highest BCUT2D eigenvalue weighted by atomic mass is 16.5. The Morgan fingerprint density at radius 2 is 1.05 bits per heavy atom. The van der Waals surface area contributed by atoms with Crippen LogP contribution in [0.3, 0.4) is 0 Å². The van der Waals surface area contributed by atoms with E-state index in [0.29, 0.717) is 0 Å². The molecular formula is C59H38N2O. The van der Waals surface area contributed by atoms with Gasteiger partial charge in [0.2, 0.25) is 0 Å². The van der Waals surface area contributed by atoms with E-state index in [1.165, 1.54) is 92.8 Å². The summed E-state index contributed by atoms with van der Waals surface area (Å²) in [5, 5.41) is 12.7. The van der Waals surface area contributed by atoms with E-state index in [4.69, 9.17) is 4.74 Å². The van der Waals surface area contributed by atoms with Crippen molar-refractivity contribution in [3.05, 3.63) is 205 Å². The molecule has 1 aliphatic carbocycles. The van der Waals surface area contributed by atoms with E-state index in [-0.39, 0.29) is 5.41 Å². The molecule has 14 rings (SSSR count). The van der Waals surface area contributed by atoms with Crippen LogP contribution in [0.4, 0.5) is 17.1 Å². The topological polar surface area (TPSA) is 17.4 Å². The van der Waals surface area contributed by atoms with E-state index in [1.54, 1.807) is 0 Å². The zero-order chi connectivity index (χ0) is 40.8. The summed E-state index contributed by atoms with van der Waals surface area (Å²) in [6.07, 6.45) is 0. The summed E-state index contributed by atoms with van der Waals surface area (Å²) in [4.78, 5) is 2.35. The fourth-order valence-corrected chi connectivity index (χ4v) is 11.4. The molecule has 2 heterocycles. The fraction of sp³-hybridized carbons (Fsp3) is 0.0508. The summed E-state index contributed by atoms with van der Waals surface area (Å²) >= 11 is 0. The maximum atomic E-state index is 6.74. The van der Waals surface area contributed by atoms with Gasteiger partial charge >= 0.3 is 0 Å². The number of benzene rings is 11. The van der Waals surface area contributed by atoms with Crippen LogP contribution in [-0.2, 0) is 5.41 Å². The number of para-hydroxylation sites is 3. The number of aromatic nitrogens is 1. The summed E-state index contributed by atoms with van der Waals surface area (Å²) in [5.74, 6) is 1.68. The third-order valence-corrected chi connectivity index (χ3v) is 14.0. The van der Waals surface area contributed by atoms with Gasteiger partial charge in [0, 0.05) is 27.0 Å². The van der Waals surface area contributed by atoms with E-state index in [9.17, 15) is 0 Å². The third-order valence-electron chi connectivity index (χ3n) is 14.0. The molecule has 0 saturated carbocycles. The second-order valence-electron chi connectivity index (χ2n) is 17.7. The first kappa shape index (κ1) is 33.9. The molecular weight excluding hydrogens is 753 g/mol. The van der Waals surface area contributed by atoms with Crippen molar-refractivity contribution >= 4 is 82.0 Å². The van der Waals surface area contributed by atoms with Gasteiger partial charge in [0.1, 0.15) is 0 Å². The second-order valence-corrected chi connectivity index (χ2v) is 17.7. The summed E-state index contributed by atoms with van der Waals surface area (Å²) in [6.45, 7) is 4.81. The number of hydrogen-bond acceptors (Lipinski definition) is 2. The van der Waals surface area contributed by atoms with Crippen LogP contribution in [0.1, 0.15) is 25.0 Å². The van der Waals surface area contributed by atoms with E-state index in [2.05, 4.69) is 211 Å². The van der Waals surface area contributed by atoms with Crippen LogP contribution in [0.15, 0.2) is 194 Å². The molecule has 290 valence electrons. The molecule has 0 saturated heterocycles. The molecule has 11 aromatic carbocycles. The van der Waals surface area contributed by atoms with Gasteiger partial charge in [0.25, 0.3) is 0 Å². The molecule has 0 fully saturated rings. The van der Waals surface area contributed by atoms with Crippen molar-refractivity contribution in [2.24, 2.45) is 0 Å². The zero-order valence-corrected chi connectivity index (χ0v) is 34.3. The highest BCUT2D eigenvalue weighted by Gasteiger charge is 2.38. The molecule has 0 N–H and O–H groups in total. The number of fused-ring (bicyclic) bond motifs is 10. The Bertz CT molecular complexity index is 3880. The molecule has 1 aliphatic heterocycles. The quantitative estimate of drug-likeness (QED) is 0.166. The molecule has 3 nitrogen and oxygen atoms in total. The van der Waals surface area contributed by atoms with Gasteiger partial charge in [-0.25, -0.2) is 0 Å². The summed E-state index contributed by atoms with van der Waals surface area (Å²) in [7, 11) is 0. The van der Waals surface area contributed by atoms with Gasteiger partial charge < -0.3 is 14.2 Å². The van der Waals surface area contributed by atoms with E-state index >= 15 is 0 Å². The third kappa shape index (κ3) is 4.44. The maximum absolute atomic E-state index is 6.74. The van der Waals surface area contributed by atoms with Gasteiger partial charge in [0.05, 0.1) is 33.8 Å². The Morgan fingerprint density at radius 3 is 2.00 bits per heavy atom. The summed E-state index contributed by atoms with van der Waals surface area (Å²) in [5.41, 5.74) is 14.4. The van der Waals surface area contributed by atoms with Gasteiger partial charge in [-0.3, -0.25) is 0 Å². The number of anilines is 3. The van der Waals surface area contributed by atoms with Crippen molar-refractivity contribution in [3.8, 4) is 39.4 Å². The van der Waals surface area contributed by atoms with Crippen molar-refractivity contribution < 1.29 is 4.74 Å². The summed E-state index contributed by atoms with van der Waals surface area (Å²) < 4.78 is 9.26. The number of hydrogen-bond donors (Lipinski definition) is 0. The van der Waals surface area contributed by atoms with Crippen molar-refractivity contribution in [3.63, 3.8) is 0 Å². The highest BCUT2D eigenvalue weighted by molar-refractivity contribution is 6.28. The lowest BCUT2D eigenvalue weighted by molar-refractivity contribution is 0.477. The zero-order valence-electron chi connectivity index (χ0n) is 34.3. The van der Waals surface area contributed by atoms with Crippen molar-refractivity contribution in [1.82, 2.24) is 4.57 Å². The number of nitrogens with zero attached hydrogens (tertiary/aromatic N) is 2. The largest absolute Gasteiger partial charge is 0.453 e. The lowest BCUT2D eigenvalue weighted by atomic mass is 9.78. The minimum atomic E-state index is -0.145. The fourth-order valence-electron chi connectivity index (χ4n) is 11.4. The van der Waals surface area contributed by atoms with Gasteiger partial charge in [-0.2, -0.15) is 0 Å². The monoisotopic (exact) mass is 790 g/mol. The number of rotatable bonds is 3. The number of ether oxygens (including phenoxy) is 1. The standard InChI is InChI=1S/C59H38N2O/c1-59(2)47-20-7-5-17-41(47)45-32-39-26-25-36-15-11-19-43-53(34-46(58(45)59)57(39)56(36)43)60-49-21-8-6-18-42(49)44-31-37(27-29-50(44)60)38-28-30-52-55(33-38)62-54-24-10-9-22-51(54)61(52)48-23-12-14-35-13-3-4-16-40(35)48/h3-34H,1-2H3. The lowest BCUT2D eigenvalue weighted by Gasteiger charge is -2.33. The Hall–Kier alpha value is -7.88. The van der Waals surface area contributed by atoms with Crippen LogP contribution in [0.25, 0.3) is 92.8 Å². The first-order chi connectivity index (χ1) is 30.5. The van der Waals surface area contributed by atoms with Crippen LogP contribution in [0.2, 0.25) is 0 Å².